The third kappa shape index (κ3) is 2.44. The molecule has 0 bridgehead atoms. The van der Waals surface area contributed by atoms with E-state index in [4.69, 9.17) is 0 Å². The molecular weight excluding hydrogens is 342 g/mol. The minimum Gasteiger partial charge on any atom is -0.257 e. The summed E-state index contributed by atoms with van der Waals surface area (Å²) in [4.78, 5) is 10.0. The van der Waals surface area contributed by atoms with Gasteiger partial charge in [0.1, 0.15) is 17.0 Å². The summed E-state index contributed by atoms with van der Waals surface area (Å²) in [6, 6.07) is 10.1. The Morgan fingerprint density at radius 1 is 1.17 bits per heavy atom. The van der Waals surface area contributed by atoms with Gasteiger partial charge in [0.25, 0.3) is 0 Å². The van der Waals surface area contributed by atoms with Crippen LogP contribution in [0.3, 0.4) is 0 Å². The highest BCUT2D eigenvalue weighted by atomic mass is 32.2. The molecule has 3 aromatic heterocycles. The molecule has 4 rings (SSSR count). The van der Waals surface area contributed by atoms with E-state index < -0.39 is 10.8 Å². The van der Waals surface area contributed by atoms with E-state index in [0.29, 0.717) is 16.8 Å². The molecule has 3 heterocycles. The Balaban J connectivity index is 2.06. The molecule has 4 aromatic rings. The van der Waals surface area contributed by atoms with Gasteiger partial charge in [0, 0.05) is 17.2 Å². The van der Waals surface area contributed by atoms with Crippen molar-refractivity contribution in [1.82, 2.24) is 24.7 Å². The number of aromatic nitrogens is 5. The van der Waals surface area contributed by atoms with Crippen LogP contribution in [0.15, 0.2) is 47.2 Å². The van der Waals surface area contributed by atoms with Gasteiger partial charge in [0.2, 0.25) is 5.16 Å². The number of benzene rings is 1. The van der Waals surface area contributed by atoms with Gasteiger partial charge in [0.05, 0.1) is 16.2 Å². The first-order valence-corrected chi connectivity index (χ1v) is 9.64. The molecule has 1 aromatic carbocycles. The van der Waals surface area contributed by atoms with Crippen molar-refractivity contribution in [2.45, 2.75) is 12.1 Å². The van der Waals surface area contributed by atoms with Crippen LogP contribution in [-0.2, 0) is 10.8 Å². The van der Waals surface area contributed by atoms with E-state index in [-0.39, 0.29) is 0 Å². The summed E-state index contributed by atoms with van der Waals surface area (Å²) >= 11 is 1.57. The summed E-state index contributed by atoms with van der Waals surface area (Å²) in [7, 11) is -1.27. The lowest BCUT2D eigenvalue weighted by Crippen LogP contribution is -2.06. The fourth-order valence-electron chi connectivity index (χ4n) is 2.60. The highest BCUT2D eigenvalue weighted by Crippen LogP contribution is 2.36. The van der Waals surface area contributed by atoms with E-state index in [2.05, 4.69) is 37.7 Å². The monoisotopic (exact) mass is 355 g/mol. The molecule has 24 heavy (non-hydrogen) atoms. The zero-order valence-corrected chi connectivity index (χ0v) is 14.6. The summed E-state index contributed by atoms with van der Waals surface area (Å²) in [5, 5.41) is 11.2. The molecule has 0 saturated carbocycles. The van der Waals surface area contributed by atoms with Gasteiger partial charge < -0.3 is 0 Å². The van der Waals surface area contributed by atoms with E-state index in [9.17, 15) is 4.21 Å². The Morgan fingerprint density at radius 3 is 2.71 bits per heavy atom. The first-order valence-electron chi connectivity index (χ1n) is 7.20. The summed E-state index contributed by atoms with van der Waals surface area (Å²) < 4.78 is 13.6. The molecule has 0 aliphatic rings. The maximum atomic E-state index is 12.0. The molecular formula is C16H13N5OS2. The van der Waals surface area contributed by atoms with E-state index in [1.54, 1.807) is 28.5 Å². The van der Waals surface area contributed by atoms with Gasteiger partial charge in [-0.25, -0.2) is 9.97 Å². The number of hydrogen-bond donors (Lipinski definition) is 0. The van der Waals surface area contributed by atoms with Crippen molar-refractivity contribution in [3.63, 3.8) is 0 Å². The van der Waals surface area contributed by atoms with Gasteiger partial charge >= 0.3 is 0 Å². The van der Waals surface area contributed by atoms with Crippen molar-refractivity contribution in [2.75, 3.05) is 6.26 Å². The minimum atomic E-state index is -1.27. The van der Waals surface area contributed by atoms with E-state index >= 15 is 0 Å². The fourth-order valence-corrected chi connectivity index (χ4v) is 4.16. The standard InChI is InChI=1S/C16H13N5OS2/c1-10-18-14(21-9-17-20-16(21)24(2)22)13-12(8-23-15(13)19-10)11-6-4-3-5-7-11/h3-9H,1-2H3. The molecule has 120 valence electrons. The highest BCUT2D eigenvalue weighted by molar-refractivity contribution is 7.84. The first kappa shape index (κ1) is 15.1. The molecule has 0 spiro atoms. The number of fused-ring (bicyclic) bond motifs is 1. The molecule has 1 unspecified atom stereocenters. The van der Waals surface area contributed by atoms with Crippen LogP contribution >= 0.6 is 11.3 Å². The van der Waals surface area contributed by atoms with Crippen LogP contribution in [0.1, 0.15) is 5.82 Å². The molecule has 0 amide bonds. The average Bonchev–Trinajstić information content (AvgIpc) is 3.21. The molecule has 0 aliphatic heterocycles. The predicted octanol–water partition coefficient (Wildman–Crippen LogP) is 2.98. The molecule has 1 atom stereocenters. The second-order valence-corrected chi connectivity index (χ2v) is 7.36. The number of rotatable bonds is 3. The van der Waals surface area contributed by atoms with Crippen LogP contribution in [0.4, 0.5) is 0 Å². The Kier molecular flexibility index (Phi) is 3.70. The smallest absolute Gasteiger partial charge is 0.226 e. The molecule has 0 fully saturated rings. The van der Waals surface area contributed by atoms with Crippen molar-refractivity contribution in [3.8, 4) is 16.9 Å². The van der Waals surface area contributed by atoms with E-state index in [1.165, 1.54) is 0 Å². The lowest BCUT2D eigenvalue weighted by molar-refractivity contribution is 0.675. The molecule has 6 nitrogen and oxygen atoms in total. The molecule has 0 aliphatic carbocycles. The zero-order valence-electron chi connectivity index (χ0n) is 13.0. The Bertz CT molecular complexity index is 1050. The first-order chi connectivity index (χ1) is 11.6. The molecule has 0 N–H and O–H groups in total. The summed E-state index contributed by atoms with van der Waals surface area (Å²) in [6.45, 7) is 1.85. The van der Waals surface area contributed by atoms with Crippen LogP contribution in [-0.4, -0.2) is 35.2 Å². The second kappa shape index (κ2) is 5.88. The van der Waals surface area contributed by atoms with Gasteiger partial charge in [-0.3, -0.25) is 8.78 Å². The van der Waals surface area contributed by atoms with Crippen molar-refractivity contribution in [2.24, 2.45) is 0 Å². The maximum Gasteiger partial charge on any atom is 0.226 e. The van der Waals surface area contributed by atoms with E-state index in [1.807, 2.05) is 25.1 Å². The quantitative estimate of drug-likeness (QED) is 0.565. The summed E-state index contributed by atoms with van der Waals surface area (Å²) in [6.07, 6.45) is 3.13. The van der Waals surface area contributed by atoms with Crippen molar-refractivity contribution in [3.05, 3.63) is 47.9 Å². The topological polar surface area (TPSA) is 73.6 Å². The summed E-state index contributed by atoms with van der Waals surface area (Å²) in [5.74, 6) is 1.31. The molecule has 8 heteroatoms. The van der Waals surface area contributed by atoms with Gasteiger partial charge in [-0.1, -0.05) is 30.3 Å². The summed E-state index contributed by atoms with van der Waals surface area (Å²) in [5.41, 5.74) is 2.14. The number of nitrogens with zero attached hydrogens (tertiary/aromatic N) is 5. The predicted molar refractivity (Wildman–Crippen MR) is 94.8 cm³/mol. The molecule has 0 radical (unpaired) electrons. The van der Waals surface area contributed by atoms with Gasteiger partial charge in [0.15, 0.2) is 5.82 Å². The Labute approximate surface area is 144 Å². The van der Waals surface area contributed by atoms with Crippen LogP contribution in [0, 0.1) is 6.92 Å². The second-order valence-electron chi connectivity index (χ2n) is 5.23. The van der Waals surface area contributed by atoms with Crippen LogP contribution in [0.25, 0.3) is 27.2 Å². The zero-order chi connectivity index (χ0) is 16.7. The SMILES string of the molecule is Cc1nc(-n2cnnc2S(C)=O)c2c(-c3ccccc3)csc2n1. The highest BCUT2D eigenvalue weighted by Gasteiger charge is 2.19. The number of thiophene rings is 1. The lowest BCUT2D eigenvalue weighted by atomic mass is 10.1. The van der Waals surface area contributed by atoms with Crippen LogP contribution < -0.4 is 0 Å². The van der Waals surface area contributed by atoms with Gasteiger partial charge in [-0.15, -0.1) is 21.5 Å². The van der Waals surface area contributed by atoms with Gasteiger partial charge in [-0.05, 0) is 12.5 Å². The molecule has 0 saturated heterocycles. The fraction of sp³-hybridized carbons (Fsp3) is 0.125. The Hall–Kier alpha value is -2.45. The lowest BCUT2D eigenvalue weighted by Gasteiger charge is -2.08. The van der Waals surface area contributed by atoms with Crippen molar-refractivity contribution >= 4 is 32.4 Å². The van der Waals surface area contributed by atoms with Gasteiger partial charge in [-0.2, -0.15) is 0 Å². The third-order valence-electron chi connectivity index (χ3n) is 3.61. The Morgan fingerprint density at radius 2 is 1.96 bits per heavy atom. The third-order valence-corrected chi connectivity index (χ3v) is 5.28. The number of hydrogen-bond acceptors (Lipinski definition) is 6. The largest absolute Gasteiger partial charge is 0.257 e. The van der Waals surface area contributed by atoms with Crippen LogP contribution in [0.2, 0.25) is 0 Å². The van der Waals surface area contributed by atoms with Crippen LogP contribution in [0.5, 0.6) is 0 Å². The normalized spacial score (nSPS) is 12.6. The van der Waals surface area contributed by atoms with E-state index in [0.717, 1.165) is 21.3 Å². The van der Waals surface area contributed by atoms with Crippen molar-refractivity contribution in [1.29, 1.82) is 0 Å². The average molecular weight is 355 g/mol. The number of aryl methyl sites for hydroxylation is 1. The van der Waals surface area contributed by atoms with Crippen molar-refractivity contribution < 1.29 is 4.21 Å². The maximum absolute atomic E-state index is 12.0. The minimum absolute atomic E-state index is 0.375.